The van der Waals surface area contributed by atoms with Crippen LogP contribution in [0.2, 0.25) is 0 Å². The van der Waals surface area contributed by atoms with Gasteiger partial charge in [-0.1, -0.05) is 30.3 Å². The quantitative estimate of drug-likeness (QED) is 0.491. The van der Waals surface area contributed by atoms with Crippen LogP contribution >= 0.6 is 0 Å². The molecular weight excluding hydrogens is 407 g/mol. The van der Waals surface area contributed by atoms with Crippen molar-refractivity contribution < 1.29 is 17.9 Å². The monoisotopic (exact) mass is 435 g/mol. The molecule has 9 heteroatoms. The van der Waals surface area contributed by atoms with Gasteiger partial charge in [-0.2, -0.15) is 13.2 Å². The summed E-state index contributed by atoms with van der Waals surface area (Å²) in [7, 11) is 1.68. The molecule has 1 fully saturated rings. The van der Waals surface area contributed by atoms with E-state index in [0.717, 1.165) is 17.7 Å². The van der Waals surface area contributed by atoms with E-state index in [9.17, 15) is 13.2 Å². The molecule has 0 radical (unpaired) electrons. The van der Waals surface area contributed by atoms with Gasteiger partial charge in [0.15, 0.2) is 12.6 Å². The second-order valence-corrected chi connectivity index (χ2v) is 7.49. The molecule has 1 aromatic carbocycles. The Hall–Kier alpha value is -2.81. The number of aromatic nitrogens is 1. The number of ether oxygens (including phenoxy) is 1. The number of nitrogens with zero attached hydrogens (tertiary/aromatic N) is 3. The fourth-order valence-electron chi connectivity index (χ4n) is 3.31. The Bertz CT molecular complexity index is 832. The molecule has 0 atom stereocenters. The second kappa shape index (κ2) is 11.0. The summed E-state index contributed by atoms with van der Waals surface area (Å²) in [6, 6.07) is 11.7. The van der Waals surface area contributed by atoms with Crippen LogP contribution in [0.3, 0.4) is 0 Å². The van der Waals surface area contributed by atoms with Crippen LogP contribution in [0.5, 0.6) is 5.88 Å². The minimum absolute atomic E-state index is 0.0586. The fourth-order valence-corrected chi connectivity index (χ4v) is 3.31. The van der Waals surface area contributed by atoms with Gasteiger partial charge >= 0.3 is 6.18 Å². The van der Waals surface area contributed by atoms with E-state index in [1.165, 1.54) is 43.8 Å². The van der Waals surface area contributed by atoms with Crippen LogP contribution in [-0.4, -0.2) is 48.8 Å². The summed E-state index contributed by atoms with van der Waals surface area (Å²) in [5.74, 6) is 0.565. The van der Waals surface area contributed by atoms with Gasteiger partial charge in [0.25, 0.3) is 0 Å². The van der Waals surface area contributed by atoms with Crippen molar-refractivity contribution in [3.8, 4) is 5.88 Å². The standard InChI is InChI=1S/C22H28F3N5O/c1-26-21(29-14-19-8-9-20(27-13-19)31-16-22(23,24)25)28-12-17-4-6-18(7-5-17)15-30-10-2-3-11-30/h4-9,13H,2-3,10-12,14-16H2,1H3,(H2,26,28,29). The van der Waals surface area contributed by atoms with Gasteiger partial charge in [0.2, 0.25) is 5.88 Å². The highest BCUT2D eigenvalue weighted by Crippen LogP contribution is 2.17. The van der Waals surface area contributed by atoms with E-state index in [2.05, 4.69) is 54.5 Å². The number of nitrogens with one attached hydrogen (secondary N) is 2. The number of hydrogen-bond donors (Lipinski definition) is 2. The maximum Gasteiger partial charge on any atom is 0.422 e. The Balaban J connectivity index is 1.41. The normalized spacial score (nSPS) is 15.2. The van der Waals surface area contributed by atoms with Gasteiger partial charge in [0.1, 0.15) is 0 Å². The molecule has 1 aliphatic heterocycles. The predicted octanol–water partition coefficient (Wildman–Crippen LogP) is 3.48. The first-order valence-corrected chi connectivity index (χ1v) is 10.3. The van der Waals surface area contributed by atoms with Crippen molar-refractivity contribution in [2.24, 2.45) is 4.99 Å². The Morgan fingerprint density at radius 2 is 1.61 bits per heavy atom. The lowest BCUT2D eigenvalue weighted by Crippen LogP contribution is -2.36. The molecule has 3 rings (SSSR count). The zero-order valence-electron chi connectivity index (χ0n) is 17.6. The highest BCUT2D eigenvalue weighted by atomic mass is 19.4. The molecule has 31 heavy (non-hydrogen) atoms. The van der Waals surface area contributed by atoms with Crippen molar-refractivity contribution in [2.75, 3.05) is 26.7 Å². The third-order valence-corrected chi connectivity index (χ3v) is 4.95. The number of benzene rings is 1. The number of rotatable bonds is 8. The molecule has 1 saturated heterocycles. The van der Waals surface area contributed by atoms with E-state index in [-0.39, 0.29) is 5.88 Å². The molecule has 1 aliphatic rings. The van der Waals surface area contributed by atoms with E-state index in [1.54, 1.807) is 13.1 Å². The van der Waals surface area contributed by atoms with Gasteiger partial charge in [-0.25, -0.2) is 4.98 Å². The van der Waals surface area contributed by atoms with E-state index in [0.29, 0.717) is 19.0 Å². The number of halogens is 3. The minimum atomic E-state index is -4.38. The van der Waals surface area contributed by atoms with Crippen molar-refractivity contribution in [1.29, 1.82) is 0 Å². The average molecular weight is 435 g/mol. The molecular formula is C22H28F3N5O. The summed E-state index contributed by atoms with van der Waals surface area (Å²) in [4.78, 5) is 10.6. The number of hydrogen-bond acceptors (Lipinski definition) is 4. The van der Waals surface area contributed by atoms with Crippen LogP contribution in [0.25, 0.3) is 0 Å². The smallest absolute Gasteiger partial charge is 0.422 e. The predicted molar refractivity (Wildman–Crippen MR) is 114 cm³/mol. The molecule has 0 amide bonds. The van der Waals surface area contributed by atoms with Crippen molar-refractivity contribution in [2.45, 2.75) is 38.7 Å². The maximum atomic E-state index is 12.2. The Labute approximate surface area is 180 Å². The second-order valence-electron chi connectivity index (χ2n) is 7.49. The van der Waals surface area contributed by atoms with Crippen molar-refractivity contribution in [3.05, 3.63) is 59.3 Å². The lowest BCUT2D eigenvalue weighted by Gasteiger charge is -2.15. The van der Waals surface area contributed by atoms with Crippen LogP contribution in [0.1, 0.15) is 29.5 Å². The number of alkyl halides is 3. The number of likely N-dealkylation sites (tertiary alicyclic amines) is 1. The SMILES string of the molecule is CN=C(NCc1ccc(CN2CCCC2)cc1)NCc1ccc(OCC(F)(F)F)nc1. The average Bonchev–Trinajstić information content (AvgIpc) is 3.27. The summed E-state index contributed by atoms with van der Waals surface area (Å²) >= 11 is 0. The van der Waals surface area contributed by atoms with Gasteiger partial charge < -0.3 is 15.4 Å². The van der Waals surface area contributed by atoms with Crippen LogP contribution in [-0.2, 0) is 19.6 Å². The van der Waals surface area contributed by atoms with Gasteiger partial charge in [-0.05, 0) is 42.6 Å². The first-order chi connectivity index (χ1) is 14.9. The van der Waals surface area contributed by atoms with Crippen LogP contribution in [0.15, 0.2) is 47.6 Å². The molecule has 6 nitrogen and oxygen atoms in total. The third kappa shape index (κ3) is 8.09. The summed E-state index contributed by atoms with van der Waals surface area (Å²) < 4.78 is 41.2. The lowest BCUT2D eigenvalue weighted by molar-refractivity contribution is -0.154. The number of pyridine rings is 1. The molecule has 0 aliphatic carbocycles. The van der Waals surface area contributed by atoms with Crippen LogP contribution in [0.4, 0.5) is 13.2 Å². The van der Waals surface area contributed by atoms with Gasteiger partial charge in [-0.15, -0.1) is 0 Å². The molecule has 0 saturated carbocycles. The molecule has 0 bridgehead atoms. The number of guanidine groups is 1. The fraction of sp³-hybridized carbons (Fsp3) is 0.455. The molecule has 2 N–H and O–H groups in total. The van der Waals surface area contributed by atoms with Gasteiger partial charge in [0, 0.05) is 38.9 Å². The summed E-state index contributed by atoms with van der Waals surface area (Å²) in [5.41, 5.74) is 3.28. The van der Waals surface area contributed by atoms with Crippen LogP contribution in [0, 0.1) is 0 Å². The third-order valence-electron chi connectivity index (χ3n) is 4.95. The first kappa shape index (κ1) is 22.9. The summed E-state index contributed by atoms with van der Waals surface area (Å²) in [5, 5.41) is 6.42. The maximum absolute atomic E-state index is 12.2. The summed E-state index contributed by atoms with van der Waals surface area (Å²) in [6.45, 7) is 3.08. The van der Waals surface area contributed by atoms with E-state index in [1.807, 2.05) is 0 Å². The molecule has 168 valence electrons. The van der Waals surface area contributed by atoms with Crippen molar-refractivity contribution >= 4 is 5.96 Å². The minimum Gasteiger partial charge on any atom is -0.468 e. The number of aliphatic imine (C=N–C) groups is 1. The molecule has 2 heterocycles. The Morgan fingerprint density at radius 1 is 1.00 bits per heavy atom. The zero-order valence-corrected chi connectivity index (χ0v) is 17.6. The van der Waals surface area contributed by atoms with Gasteiger partial charge in [-0.3, -0.25) is 9.89 Å². The molecule has 0 spiro atoms. The lowest BCUT2D eigenvalue weighted by atomic mass is 10.1. The topological polar surface area (TPSA) is 61.8 Å². The molecule has 1 aromatic heterocycles. The van der Waals surface area contributed by atoms with E-state index in [4.69, 9.17) is 0 Å². The largest absolute Gasteiger partial charge is 0.468 e. The van der Waals surface area contributed by atoms with Crippen molar-refractivity contribution in [3.63, 3.8) is 0 Å². The summed E-state index contributed by atoms with van der Waals surface area (Å²) in [6.07, 6.45) is -0.320. The molecule has 2 aromatic rings. The van der Waals surface area contributed by atoms with Crippen LogP contribution < -0.4 is 15.4 Å². The van der Waals surface area contributed by atoms with Gasteiger partial charge in [0.05, 0.1) is 0 Å². The van der Waals surface area contributed by atoms with E-state index < -0.39 is 12.8 Å². The highest BCUT2D eigenvalue weighted by Gasteiger charge is 2.28. The Kier molecular flexibility index (Phi) is 8.11. The highest BCUT2D eigenvalue weighted by molar-refractivity contribution is 5.79. The zero-order chi connectivity index (χ0) is 22.1. The first-order valence-electron chi connectivity index (χ1n) is 10.3. The molecule has 0 unspecified atom stereocenters. The Morgan fingerprint density at radius 3 is 2.19 bits per heavy atom. The van der Waals surface area contributed by atoms with E-state index >= 15 is 0 Å². The van der Waals surface area contributed by atoms with Crippen molar-refractivity contribution in [1.82, 2.24) is 20.5 Å².